The first-order valence-electron chi connectivity index (χ1n) is 3.94. The SMILES string of the molecule is CC[C@@H](Cl)C(O)[C@@H](C)COC. The Morgan fingerprint density at radius 2 is 2.09 bits per heavy atom. The first-order valence-corrected chi connectivity index (χ1v) is 4.38. The number of halogens is 1. The van der Waals surface area contributed by atoms with Crippen LogP contribution in [0, 0.1) is 5.92 Å². The molecule has 0 amide bonds. The van der Waals surface area contributed by atoms with Gasteiger partial charge in [0.15, 0.2) is 0 Å². The minimum absolute atomic E-state index is 0.113. The molecule has 0 saturated carbocycles. The van der Waals surface area contributed by atoms with Crippen molar-refractivity contribution in [2.45, 2.75) is 31.7 Å². The van der Waals surface area contributed by atoms with Crippen LogP contribution in [0.4, 0.5) is 0 Å². The van der Waals surface area contributed by atoms with Crippen LogP contribution in [0.3, 0.4) is 0 Å². The summed E-state index contributed by atoms with van der Waals surface area (Å²) in [5.41, 5.74) is 0. The summed E-state index contributed by atoms with van der Waals surface area (Å²) in [6.45, 7) is 4.45. The van der Waals surface area contributed by atoms with E-state index in [1.165, 1.54) is 0 Å². The number of aliphatic hydroxyl groups is 1. The summed E-state index contributed by atoms with van der Waals surface area (Å²) in [5.74, 6) is 0.113. The maximum absolute atomic E-state index is 9.51. The molecule has 0 aliphatic heterocycles. The van der Waals surface area contributed by atoms with Crippen LogP contribution in [0.1, 0.15) is 20.3 Å². The standard InChI is InChI=1S/C8H17ClO2/c1-4-7(9)8(10)6(2)5-11-3/h6-8,10H,4-5H2,1-3H3/t6-,7+,8?/m0/s1. The highest BCUT2D eigenvalue weighted by Crippen LogP contribution is 2.15. The third-order valence-corrected chi connectivity index (χ3v) is 2.34. The van der Waals surface area contributed by atoms with Gasteiger partial charge in [-0.05, 0) is 6.42 Å². The molecule has 3 heteroatoms. The average molecular weight is 181 g/mol. The van der Waals surface area contributed by atoms with E-state index in [4.69, 9.17) is 16.3 Å². The number of hydrogen-bond donors (Lipinski definition) is 1. The summed E-state index contributed by atoms with van der Waals surface area (Å²) in [6, 6.07) is 0. The van der Waals surface area contributed by atoms with Crippen molar-refractivity contribution < 1.29 is 9.84 Å². The summed E-state index contributed by atoms with van der Waals surface area (Å²) in [7, 11) is 1.62. The van der Waals surface area contributed by atoms with Gasteiger partial charge in [-0.1, -0.05) is 13.8 Å². The predicted octanol–water partition coefficient (Wildman–Crippen LogP) is 1.65. The molecule has 0 radical (unpaired) electrons. The topological polar surface area (TPSA) is 29.5 Å². The van der Waals surface area contributed by atoms with Crippen molar-refractivity contribution in [3.8, 4) is 0 Å². The molecule has 11 heavy (non-hydrogen) atoms. The van der Waals surface area contributed by atoms with Gasteiger partial charge < -0.3 is 9.84 Å². The van der Waals surface area contributed by atoms with E-state index in [1.807, 2.05) is 13.8 Å². The van der Waals surface area contributed by atoms with E-state index in [9.17, 15) is 5.11 Å². The minimum Gasteiger partial charge on any atom is -0.391 e. The van der Waals surface area contributed by atoms with Gasteiger partial charge in [-0.3, -0.25) is 0 Å². The van der Waals surface area contributed by atoms with Gasteiger partial charge in [0.1, 0.15) is 0 Å². The van der Waals surface area contributed by atoms with Crippen molar-refractivity contribution in [3.63, 3.8) is 0 Å². The third kappa shape index (κ3) is 3.94. The lowest BCUT2D eigenvalue weighted by molar-refractivity contribution is 0.0539. The third-order valence-electron chi connectivity index (χ3n) is 1.77. The molecule has 0 rings (SSSR count). The fourth-order valence-electron chi connectivity index (χ4n) is 0.959. The molecule has 2 nitrogen and oxygen atoms in total. The second-order valence-electron chi connectivity index (χ2n) is 2.85. The average Bonchev–Trinajstić information content (AvgIpc) is 2.02. The van der Waals surface area contributed by atoms with Crippen molar-refractivity contribution in [3.05, 3.63) is 0 Å². The van der Waals surface area contributed by atoms with Gasteiger partial charge in [-0.2, -0.15) is 0 Å². The van der Waals surface area contributed by atoms with E-state index in [-0.39, 0.29) is 11.3 Å². The van der Waals surface area contributed by atoms with E-state index in [0.717, 1.165) is 6.42 Å². The van der Waals surface area contributed by atoms with Gasteiger partial charge in [0.25, 0.3) is 0 Å². The fraction of sp³-hybridized carbons (Fsp3) is 1.00. The lowest BCUT2D eigenvalue weighted by atomic mass is 10.0. The number of alkyl halides is 1. The molecule has 0 aromatic carbocycles. The summed E-state index contributed by atoms with van der Waals surface area (Å²) in [5, 5.41) is 9.35. The van der Waals surface area contributed by atoms with E-state index < -0.39 is 6.10 Å². The van der Waals surface area contributed by atoms with E-state index in [2.05, 4.69) is 0 Å². The number of ether oxygens (including phenoxy) is 1. The molecule has 0 aliphatic rings. The van der Waals surface area contributed by atoms with Gasteiger partial charge in [0.05, 0.1) is 18.1 Å². The van der Waals surface area contributed by atoms with E-state index in [1.54, 1.807) is 7.11 Å². The first kappa shape index (κ1) is 11.2. The quantitative estimate of drug-likeness (QED) is 0.652. The molecule has 0 heterocycles. The van der Waals surface area contributed by atoms with Crippen molar-refractivity contribution in [1.29, 1.82) is 0 Å². The predicted molar refractivity (Wildman–Crippen MR) is 47.0 cm³/mol. The molecule has 0 spiro atoms. The molecule has 0 bridgehead atoms. The van der Waals surface area contributed by atoms with Gasteiger partial charge in [0, 0.05) is 13.0 Å². The molecule has 1 unspecified atom stereocenters. The second kappa shape index (κ2) is 5.81. The zero-order chi connectivity index (χ0) is 8.85. The van der Waals surface area contributed by atoms with Crippen LogP contribution in [0.25, 0.3) is 0 Å². The molecule has 0 aromatic heterocycles. The highest BCUT2D eigenvalue weighted by molar-refractivity contribution is 6.21. The van der Waals surface area contributed by atoms with Crippen molar-refractivity contribution in [1.82, 2.24) is 0 Å². The Morgan fingerprint density at radius 3 is 2.45 bits per heavy atom. The number of hydrogen-bond acceptors (Lipinski definition) is 2. The highest BCUT2D eigenvalue weighted by Gasteiger charge is 2.20. The van der Waals surface area contributed by atoms with Gasteiger partial charge in [-0.25, -0.2) is 0 Å². The Hall–Kier alpha value is 0.210. The Balaban J connectivity index is 3.70. The second-order valence-corrected chi connectivity index (χ2v) is 3.41. The minimum atomic E-state index is -0.457. The van der Waals surface area contributed by atoms with Crippen LogP contribution in [-0.4, -0.2) is 30.3 Å². The molecular formula is C8H17ClO2. The molecule has 3 atom stereocenters. The van der Waals surface area contributed by atoms with Crippen LogP contribution >= 0.6 is 11.6 Å². The summed E-state index contributed by atoms with van der Waals surface area (Å²) >= 11 is 5.84. The molecule has 0 fully saturated rings. The van der Waals surface area contributed by atoms with Crippen LogP contribution in [-0.2, 0) is 4.74 Å². The molecular weight excluding hydrogens is 164 g/mol. The molecule has 0 aliphatic carbocycles. The lowest BCUT2D eigenvalue weighted by Gasteiger charge is -2.21. The van der Waals surface area contributed by atoms with Crippen LogP contribution in [0.2, 0.25) is 0 Å². The summed E-state index contributed by atoms with van der Waals surface area (Å²) < 4.78 is 4.90. The number of rotatable bonds is 5. The number of methoxy groups -OCH3 is 1. The van der Waals surface area contributed by atoms with Crippen LogP contribution in [0.15, 0.2) is 0 Å². The lowest BCUT2D eigenvalue weighted by Crippen LogP contribution is -2.30. The Morgan fingerprint density at radius 1 is 1.55 bits per heavy atom. The molecule has 1 N–H and O–H groups in total. The smallest absolute Gasteiger partial charge is 0.0751 e. The monoisotopic (exact) mass is 180 g/mol. The zero-order valence-corrected chi connectivity index (χ0v) is 8.14. The Bertz CT molecular complexity index is 98.1. The maximum Gasteiger partial charge on any atom is 0.0751 e. The normalized spacial score (nSPS) is 19.4. The largest absolute Gasteiger partial charge is 0.391 e. The molecule has 0 aromatic rings. The van der Waals surface area contributed by atoms with Crippen molar-refractivity contribution in [2.24, 2.45) is 5.92 Å². The fourth-order valence-corrected chi connectivity index (χ4v) is 1.21. The Kier molecular flexibility index (Phi) is 5.92. The highest BCUT2D eigenvalue weighted by atomic mass is 35.5. The van der Waals surface area contributed by atoms with Crippen LogP contribution in [0.5, 0.6) is 0 Å². The molecule has 68 valence electrons. The van der Waals surface area contributed by atoms with E-state index in [0.29, 0.717) is 6.61 Å². The number of aliphatic hydroxyl groups excluding tert-OH is 1. The van der Waals surface area contributed by atoms with Crippen LogP contribution < -0.4 is 0 Å². The van der Waals surface area contributed by atoms with Gasteiger partial charge in [0.2, 0.25) is 0 Å². The van der Waals surface area contributed by atoms with E-state index >= 15 is 0 Å². The maximum atomic E-state index is 9.51. The summed E-state index contributed by atoms with van der Waals surface area (Å²) in [6.07, 6.45) is 0.332. The van der Waals surface area contributed by atoms with Crippen molar-refractivity contribution in [2.75, 3.05) is 13.7 Å². The molecule has 0 saturated heterocycles. The summed E-state index contributed by atoms with van der Waals surface area (Å²) in [4.78, 5) is 0. The first-order chi connectivity index (χ1) is 5.13. The van der Waals surface area contributed by atoms with Gasteiger partial charge in [-0.15, -0.1) is 11.6 Å². The van der Waals surface area contributed by atoms with Crippen molar-refractivity contribution >= 4 is 11.6 Å². The van der Waals surface area contributed by atoms with Gasteiger partial charge >= 0.3 is 0 Å². The zero-order valence-electron chi connectivity index (χ0n) is 7.38. The Labute approximate surface area is 73.5 Å².